The molecular formula is C26H30N6O. The molecule has 5 rings (SSSR count). The van der Waals surface area contributed by atoms with Crippen molar-refractivity contribution in [3.63, 3.8) is 0 Å². The van der Waals surface area contributed by atoms with E-state index in [4.69, 9.17) is 15.1 Å². The van der Waals surface area contributed by atoms with Gasteiger partial charge in [0, 0.05) is 36.5 Å². The predicted octanol–water partition coefficient (Wildman–Crippen LogP) is 4.26. The van der Waals surface area contributed by atoms with Gasteiger partial charge in [-0.25, -0.2) is 9.97 Å². The van der Waals surface area contributed by atoms with Crippen molar-refractivity contribution in [1.82, 2.24) is 29.6 Å². The molecule has 33 heavy (non-hydrogen) atoms. The van der Waals surface area contributed by atoms with E-state index in [0.29, 0.717) is 24.2 Å². The lowest BCUT2D eigenvalue weighted by Crippen LogP contribution is -2.24. The molecular weight excluding hydrogens is 412 g/mol. The number of hydrogen-bond acceptors (Lipinski definition) is 4. The second-order valence-electron chi connectivity index (χ2n) is 8.95. The predicted molar refractivity (Wildman–Crippen MR) is 128 cm³/mol. The van der Waals surface area contributed by atoms with E-state index in [2.05, 4.69) is 28.9 Å². The summed E-state index contributed by atoms with van der Waals surface area (Å²) in [6.07, 6.45) is 4.41. The van der Waals surface area contributed by atoms with Gasteiger partial charge in [0.25, 0.3) is 5.91 Å². The van der Waals surface area contributed by atoms with Crippen LogP contribution in [0.15, 0.2) is 36.4 Å². The fourth-order valence-electron chi connectivity index (χ4n) is 4.75. The quantitative estimate of drug-likeness (QED) is 0.501. The highest BCUT2D eigenvalue weighted by Gasteiger charge is 2.21. The van der Waals surface area contributed by atoms with Gasteiger partial charge in [-0.05, 0) is 45.2 Å². The number of aryl methyl sites for hydroxylation is 4. The Morgan fingerprint density at radius 3 is 2.70 bits per heavy atom. The van der Waals surface area contributed by atoms with Crippen molar-refractivity contribution in [2.75, 3.05) is 0 Å². The molecule has 170 valence electrons. The van der Waals surface area contributed by atoms with Gasteiger partial charge in [0.15, 0.2) is 5.65 Å². The Balaban J connectivity index is 1.39. The first-order valence-corrected chi connectivity index (χ1v) is 11.7. The van der Waals surface area contributed by atoms with Crippen LogP contribution in [0.1, 0.15) is 63.7 Å². The number of hydrogen-bond donors (Lipinski definition) is 1. The summed E-state index contributed by atoms with van der Waals surface area (Å²) < 4.78 is 4.21. The highest BCUT2D eigenvalue weighted by Crippen LogP contribution is 2.24. The van der Waals surface area contributed by atoms with Crippen LogP contribution < -0.4 is 5.32 Å². The Labute approximate surface area is 193 Å². The zero-order chi connectivity index (χ0) is 22.9. The minimum absolute atomic E-state index is 0.117. The summed E-state index contributed by atoms with van der Waals surface area (Å²) in [5, 5.41) is 7.83. The molecule has 0 aliphatic carbocycles. The molecule has 4 aromatic rings. The van der Waals surface area contributed by atoms with Crippen molar-refractivity contribution in [2.45, 2.75) is 66.1 Å². The Bertz CT molecular complexity index is 1320. The molecule has 0 saturated heterocycles. The summed E-state index contributed by atoms with van der Waals surface area (Å²) >= 11 is 0. The van der Waals surface area contributed by atoms with Crippen molar-refractivity contribution in [3.05, 3.63) is 76.0 Å². The van der Waals surface area contributed by atoms with Gasteiger partial charge in [-0.1, -0.05) is 36.8 Å². The number of imidazole rings is 1. The number of aromatic nitrogens is 5. The maximum absolute atomic E-state index is 13.3. The van der Waals surface area contributed by atoms with Gasteiger partial charge < -0.3 is 9.88 Å². The molecule has 0 unspecified atom stereocenters. The average molecular weight is 443 g/mol. The van der Waals surface area contributed by atoms with E-state index in [1.54, 1.807) is 0 Å². The first kappa shape index (κ1) is 21.4. The number of nitrogens with one attached hydrogen (secondary N) is 1. The van der Waals surface area contributed by atoms with Crippen LogP contribution in [0.25, 0.3) is 11.2 Å². The smallest absolute Gasteiger partial charge is 0.253 e. The molecule has 7 heteroatoms. The van der Waals surface area contributed by atoms with Gasteiger partial charge in [0.2, 0.25) is 0 Å². The summed E-state index contributed by atoms with van der Waals surface area (Å²) in [6, 6.07) is 12.1. The van der Waals surface area contributed by atoms with Crippen LogP contribution in [0.5, 0.6) is 0 Å². The number of amides is 1. The second kappa shape index (κ2) is 8.81. The normalized spacial score (nSPS) is 13.7. The maximum atomic E-state index is 13.3. The molecule has 0 radical (unpaired) electrons. The third-order valence-corrected chi connectivity index (χ3v) is 6.57. The monoisotopic (exact) mass is 442 g/mol. The molecule has 0 saturated carbocycles. The van der Waals surface area contributed by atoms with Gasteiger partial charge >= 0.3 is 0 Å². The molecule has 1 aliphatic heterocycles. The van der Waals surface area contributed by atoms with Gasteiger partial charge in [-0.15, -0.1) is 0 Å². The summed E-state index contributed by atoms with van der Waals surface area (Å²) in [5.41, 5.74) is 7.25. The van der Waals surface area contributed by atoms with E-state index in [1.807, 2.05) is 42.8 Å². The van der Waals surface area contributed by atoms with Crippen molar-refractivity contribution in [2.24, 2.45) is 0 Å². The summed E-state index contributed by atoms with van der Waals surface area (Å²) in [6.45, 7) is 8.06. The molecule has 0 spiro atoms. The fraction of sp³-hybridized carbons (Fsp3) is 0.385. The second-order valence-corrected chi connectivity index (χ2v) is 8.95. The molecule has 1 N–H and O–H groups in total. The maximum Gasteiger partial charge on any atom is 0.253 e. The lowest BCUT2D eigenvalue weighted by molar-refractivity contribution is 0.0952. The number of rotatable bonds is 5. The molecule has 1 amide bonds. The SMILES string of the molecule is Cc1cc(C(=O)NCc2c(C)nn(Cc3ccccc3)c2C)c2nc3n(c2n1)CCCCC3. The summed E-state index contributed by atoms with van der Waals surface area (Å²) in [5.74, 6) is 0.928. The van der Waals surface area contributed by atoms with Crippen molar-refractivity contribution >= 4 is 17.1 Å². The van der Waals surface area contributed by atoms with Crippen LogP contribution in [0.2, 0.25) is 0 Å². The highest BCUT2D eigenvalue weighted by atomic mass is 16.1. The standard InChI is InChI=1S/C26H30N6O/c1-17-14-21(24-25(28-17)31-13-9-5-8-12-23(31)29-24)26(33)27-15-22-18(2)30-32(19(22)3)16-20-10-6-4-7-11-20/h4,6-7,10-11,14H,5,8-9,12-13,15-16H2,1-3H3,(H,27,33). The lowest BCUT2D eigenvalue weighted by atomic mass is 10.1. The molecule has 0 atom stereocenters. The Morgan fingerprint density at radius 2 is 1.88 bits per heavy atom. The topological polar surface area (TPSA) is 77.6 Å². The minimum atomic E-state index is -0.117. The van der Waals surface area contributed by atoms with E-state index in [9.17, 15) is 4.79 Å². The Kier molecular flexibility index (Phi) is 5.70. The van der Waals surface area contributed by atoms with E-state index in [0.717, 1.165) is 59.9 Å². The van der Waals surface area contributed by atoms with Gasteiger partial charge in [-0.3, -0.25) is 9.48 Å². The van der Waals surface area contributed by atoms with Crippen molar-refractivity contribution < 1.29 is 4.79 Å². The van der Waals surface area contributed by atoms with Gasteiger partial charge in [0.1, 0.15) is 11.3 Å². The van der Waals surface area contributed by atoms with E-state index < -0.39 is 0 Å². The average Bonchev–Trinajstić information content (AvgIpc) is 3.16. The van der Waals surface area contributed by atoms with Crippen LogP contribution in [-0.2, 0) is 26.1 Å². The number of carbonyl (C=O) groups excluding carboxylic acids is 1. The largest absolute Gasteiger partial charge is 0.348 e. The third-order valence-electron chi connectivity index (χ3n) is 6.57. The molecule has 0 bridgehead atoms. The zero-order valence-corrected chi connectivity index (χ0v) is 19.6. The first-order valence-electron chi connectivity index (χ1n) is 11.7. The number of benzene rings is 1. The van der Waals surface area contributed by atoms with Crippen LogP contribution in [-0.4, -0.2) is 30.2 Å². The van der Waals surface area contributed by atoms with Crippen molar-refractivity contribution in [1.29, 1.82) is 0 Å². The van der Waals surface area contributed by atoms with Crippen LogP contribution in [0.3, 0.4) is 0 Å². The molecule has 1 aromatic carbocycles. The lowest BCUT2D eigenvalue weighted by Gasteiger charge is -2.09. The summed E-state index contributed by atoms with van der Waals surface area (Å²) in [7, 11) is 0. The molecule has 4 heterocycles. The number of carbonyl (C=O) groups is 1. The number of pyridine rings is 1. The molecule has 1 aliphatic rings. The van der Waals surface area contributed by atoms with Gasteiger partial charge in [-0.2, -0.15) is 5.10 Å². The molecule has 7 nitrogen and oxygen atoms in total. The highest BCUT2D eigenvalue weighted by molar-refractivity contribution is 6.04. The minimum Gasteiger partial charge on any atom is -0.348 e. The van der Waals surface area contributed by atoms with Crippen LogP contribution in [0.4, 0.5) is 0 Å². The molecule has 3 aromatic heterocycles. The van der Waals surface area contributed by atoms with E-state index in [1.165, 1.54) is 12.0 Å². The van der Waals surface area contributed by atoms with Crippen LogP contribution in [0, 0.1) is 20.8 Å². The Hall–Kier alpha value is -3.48. The first-order chi connectivity index (χ1) is 16.0. The van der Waals surface area contributed by atoms with E-state index in [-0.39, 0.29) is 5.91 Å². The van der Waals surface area contributed by atoms with E-state index >= 15 is 0 Å². The number of nitrogens with zero attached hydrogens (tertiary/aromatic N) is 5. The third kappa shape index (κ3) is 4.15. The fourth-order valence-corrected chi connectivity index (χ4v) is 4.75. The van der Waals surface area contributed by atoms with Crippen LogP contribution >= 0.6 is 0 Å². The number of fused-ring (bicyclic) bond motifs is 3. The van der Waals surface area contributed by atoms with Crippen molar-refractivity contribution in [3.8, 4) is 0 Å². The van der Waals surface area contributed by atoms with Gasteiger partial charge in [0.05, 0.1) is 17.8 Å². The Morgan fingerprint density at radius 1 is 1.06 bits per heavy atom. The summed E-state index contributed by atoms with van der Waals surface area (Å²) in [4.78, 5) is 22.8. The molecule has 0 fully saturated rings. The zero-order valence-electron chi connectivity index (χ0n) is 19.6.